The molecule has 148 valence electrons. The van der Waals surface area contributed by atoms with E-state index in [-0.39, 0.29) is 30.2 Å². The van der Waals surface area contributed by atoms with Crippen molar-refractivity contribution in [2.75, 3.05) is 38.1 Å². The van der Waals surface area contributed by atoms with Gasteiger partial charge in [-0.3, -0.25) is 19.4 Å². The number of amides is 1. The third-order valence-electron chi connectivity index (χ3n) is 5.57. The Balaban J connectivity index is 1.66. The number of para-hydroxylation sites is 1. The number of hydrogen-bond acceptors (Lipinski definition) is 4. The van der Waals surface area contributed by atoms with E-state index >= 15 is 0 Å². The van der Waals surface area contributed by atoms with Gasteiger partial charge in [0.1, 0.15) is 17.3 Å². The molecule has 0 aromatic heterocycles. The molecule has 2 aliphatic heterocycles. The van der Waals surface area contributed by atoms with Gasteiger partial charge in [-0.15, -0.1) is 0 Å². The summed E-state index contributed by atoms with van der Waals surface area (Å²) in [5, 5.41) is 8.96. The van der Waals surface area contributed by atoms with E-state index in [4.69, 9.17) is 5.11 Å². The molecule has 2 unspecified atom stereocenters. The summed E-state index contributed by atoms with van der Waals surface area (Å²) in [5.41, 5.74) is -0.265. The van der Waals surface area contributed by atoms with Crippen molar-refractivity contribution in [2.45, 2.75) is 37.8 Å². The molecule has 8 heteroatoms. The third-order valence-corrected chi connectivity index (χ3v) is 5.57. The minimum atomic E-state index is -0.855. The van der Waals surface area contributed by atoms with E-state index in [2.05, 4.69) is 4.90 Å². The zero-order valence-corrected chi connectivity index (χ0v) is 15.4. The number of benzene rings is 1. The first-order chi connectivity index (χ1) is 12.9. The van der Waals surface area contributed by atoms with Crippen LogP contribution in [0.4, 0.5) is 14.5 Å². The van der Waals surface area contributed by atoms with Crippen molar-refractivity contribution in [2.24, 2.45) is 0 Å². The lowest BCUT2D eigenvalue weighted by atomic mass is 10.1. The van der Waals surface area contributed by atoms with Crippen LogP contribution in [0, 0.1) is 11.6 Å². The van der Waals surface area contributed by atoms with Crippen LogP contribution in [0.15, 0.2) is 18.2 Å². The Morgan fingerprint density at radius 3 is 2.56 bits per heavy atom. The molecule has 1 aromatic carbocycles. The SMILES string of the molecule is CN(CC(=O)O)C1CCCN(C2CCN(c3c(F)cccc3F)C2=O)CC1. The second-order valence-electron chi connectivity index (χ2n) is 7.29. The first-order valence-electron chi connectivity index (χ1n) is 9.30. The van der Waals surface area contributed by atoms with Crippen LogP contribution in [-0.2, 0) is 9.59 Å². The third kappa shape index (κ3) is 4.27. The minimum absolute atomic E-state index is 0.00658. The smallest absolute Gasteiger partial charge is 0.317 e. The number of hydrogen-bond donors (Lipinski definition) is 1. The average molecular weight is 381 g/mol. The number of aliphatic carboxylic acids is 1. The largest absolute Gasteiger partial charge is 0.480 e. The quantitative estimate of drug-likeness (QED) is 0.845. The van der Waals surface area contributed by atoms with E-state index in [1.807, 2.05) is 4.90 Å². The van der Waals surface area contributed by atoms with Gasteiger partial charge in [-0.1, -0.05) is 6.07 Å². The molecular formula is C19H25F2N3O3. The van der Waals surface area contributed by atoms with E-state index < -0.39 is 17.6 Å². The Morgan fingerprint density at radius 2 is 1.89 bits per heavy atom. The molecule has 0 saturated carbocycles. The van der Waals surface area contributed by atoms with Crippen LogP contribution in [0.25, 0.3) is 0 Å². The molecule has 2 atom stereocenters. The molecule has 2 aliphatic rings. The number of anilines is 1. The first-order valence-corrected chi connectivity index (χ1v) is 9.30. The van der Waals surface area contributed by atoms with Gasteiger partial charge in [0.2, 0.25) is 5.91 Å². The monoisotopic (exact) mass is 381 g/mol. The van der Waals surface area contributed by atoms with Crippen LogP contribution in [0.5, 0.6) is 0 Å². The summed E-state index contributed by atoms with van der Waals surface area (Å²) in [6.07, 6.45) is 3.02. The number of carboxylic acid groups (broad SMARTS) is 1. The second kappa shape index (κ2) is 8.31. The normalized spacial score (nSPS) is 24.4. The van der Waals surface area contributed by atoms with E-state index in [0.29, 0.717) is 19.5 Å². The van der Waals surface area contributed by atoms with E-state index in [9.17, 15) is 18.4 Å². The Kier molecular flexibility index (Phi) is 6.06. The summed E-state index contributed by atoms with van der Waals surface area (Å²) in [6, 6.07) is 3.38. The molecule has 1 N–H and O–H groups in total. The van der Waals surface area contributed by atoms with Crippen LogP contribution in [-0.4, -0.2) is 72.1 Å². The van der Waals surface area contributed by atoms with Gasteiger partial charge >= 0.3 is 5.97 Å². The molecule has 0 radical (unpaired) electrons. The Bertz CT molecular complexity index is 695. The molecule has 3 rings (SSSR count). The number of halogens is 2. The van der Waals surface area contributed by atoms with Crippen LogP contribution in [0.2, 0.25) is 0 Å². The number of carbonyl (C=O) groups excluding carboxylic acids is 1. The highest BCUT2D eigenvalue weighted by molar-refractivity contribution is 5.99. The van der Waals surface area contributed by atoms with E-state index in [1.54, 1.807) is 7.05 Å². The molecule has 0 bridgehead atoms. The maximum atomic E-state index is 14.1. The van der Waals surface area contributed by atoms with Gasteiger partial charge in [-0.05, 0) is 51.4 Å². The Morgan fingerprint density at radius 1 is 1.19 bits per heavy atom. The fourth-order valence-corrected chi connectivity index (χ4v) is 4.17. The minimum Gasteiger partial charge on any atom is -0.480 e. The Labute approximate surface area is 157 Å². The lowest BCUT2D eigenvalue weighted by molar-refractivity contribution is -0.138. The average Bonchev–Trinajstić information content (AvgIpc) is 2.82. The van der Waals surface area contributed by atoms with E-state index in [1.165, 1.54) is 11.0 Å². The number of carbonyl (C=O) groups is 2. The molecule has 1 amide bonds. The predicted molar refractivity (Wildman–Crippen MR) is 96.6 cm³/mol. The molecule has 0 aliphatic carbocycles. The van der Waals surface area contributed by atoms with Crippen LogP contribution in [0.3, 0.4) is 0 Å². The van der Waals surface area contributed by atoms with Gasteiger partial charge in [0, 0.05) is 19.1 Å². The van der Waals surface area contributed by atoms with Crippen molar-refractivity contribution in [3.8, 4) is 0 Å². The van der Waals surface area contributed by atoms with Gasteiger partial charge in [-0.25, -0.2) is 8.78 Å². The zero-order chi connectivity index (χ0) is 19.6. The number of nitrogens with zero attached hydrogens (tertiary/aromatic N) is 3. The lowest BCUT2D eigenvalue weighted by Gasteiger charge is -2.28. The maximum Gasteiger partial charge on any atom is 0.317 e. The number of likely N-dealkylation sites (N-methyl/N-ethyl adjacent to an activating group) is 1. The molecule has 0 spiro atoms. The molecule has 6 nitrogen and oxygen atoms in total. The van der Waals surface area contributed by atoms with Gasteiger partial charge < -0.3 is 10.0 Å². The van der Waals surface area contributed by atoms with Gasteiger partial charge in [0.05, 0.1) is 12.6 Å². The van der Waals surface area contributed by atoms with Gasteiger partial charge in [-0.2, -0.15) is 0 Å². The fourth-order valence-electron chi connectivity index (χ4n) is 4.17. The highest BCUT2D eigenvalue weighted by Crippen LogP contribution is 2.30. The summed E-state index contributed by atoms with van der Waals surface area (Å²) < 4.78 is 28.1. The summed E-state index contributed by atoms with van der Waals surface area (Å²) in [4.78, 5) is 28.9. The molecule has 2 heterocycles. The molecule has 2 saturated heterocycles. The van der Waals surface area contributed by atoms with Gasteiger partial charge in [0.15, 0.2) is 0 Å². The van der Waals surface area contributed by atoms with Crippen LogP contribution < -0.4 is 4.90 Å². The van der Waals surface area contributed by atoms with Crippen molar-refractivity contribution in [3.05, 3.63) is 29.8 Å². The topological polar surface area (TPSA) is 64.1 Å². The number of likely N-dealkylation sites (tertiary alicyclic amines) is 1. The molecule has 2 fully saturated rings. The molecular weight excluding hydrogens is 356 g/mol. The highest BCUT2D eigenvalue weighted by atomic mass is 19.1. The standard InChI is InChI=1S/C19H25F2N3O3/c1-22(12-17(25)26)13-4-3-9-23(10-7-13)16-8-11-24(19(16)27)18-14(20)5-2-6-15(18)21/h2,5-6,13,16H,3-4,7-12H2,1H3,(H,25,26). The predicted octanol–water partition coefficient (Wildman–Crippen LogP) is 1.94. The van der Waals surface area contributed by atoms with Crippen LogP contribution in [0.1, 0.15) is 25.7 Å². The summed E-state index contributed by atoms with van der Waals surface area (Å²) in [5.74, 6) is -2.58. The zero-order valence-electron chi connectivity index (χ0n) is 15.4. The number of carboxylic acids is 1. The summed E-state index contributed by atoms with van der Waals surface area (Å²) >= 11 is 0. The molecule has 1 aromatic rings. The van der Waals surface area contributed by atoms with Gasteiger partial charge in [0.25, 0.3) is 0 Å². The lowest BCUT2D eigenvalue weighted by Crippen LogP contribution is -2.43. The van der Waals surface area contributed by atoms with Crippen LogP contribution >= 0.6 is 0 Å². The first kappa shape index (κ1) is 19.7. The van der Waals surface area contributed by atoms with Crippen molar-refractivity contribution < 1.29 is 23.5 Å². The van der Waals surface area contributed by atoms with Crippen molar-refractivity contribution in [1.82, 2.24) is 9.80 Å². The fraction of sp³-hybridized carbons (Fsp3) is 0.579. The maximum absolute atomic E-state index is 14.1. The van der Waals surface area contributed by atoms with Crippen molar-refractivity contribution in [3.63, 3.8) is 0 Å². The molecule has 27 heavy (non-hydrogen) atoms. The van der Waals surface area contributed by atoms with Crippen molar-refractivity contribution in [1.29, 1.82) is 0 Å². The van der Waals surface area contributed by atoms with Crippen molar-refractivity contribution >= 4 is 17.6 Å². The van der Waals surface area contributed by atoms with E-state index in [0.717, 1.165) is 37.9 Å². The summed E-state index contributed by atoms with van der Waals surface area (Å²) in [6.45, 7) is 1.67. The Hall–Kier alpha value is -2.06. The number of rotatable bonds is 5. The highest BCUT2D eigenvalue weighted by Gasteiger charge is 2.39. The summed E-state index contributed by atoms with van der Waals surface area (Å²) in [7, 11) is 1.80. The second-order valence-corrected chi connectivity index (χ2v) is 7.29.